The summed E-state index contributed by atoms with van der Waals surface area (Å²) in [5.74, 6) is 0.674. The minimum absolute atomic E-state index is 0.530. The molecule has 0 aliphatic carbocycles. The van der Waals surface area contributed by atoms with Gasteiger partial charge >= 0.3 is 0 Å². The van der Waals surface area contributed by atoms with Crippen LogP contribution in [0.3, 0.4) is 0 Å². The molecule has 0 radical (unpaired) electrons. The van der Waals surface area contributed by atoms with Crippen LogP contribution in [0.4, 0.5) is 0 Å². The highest BCUT2D eigenvalue weighted by Gasteiger charge is 2.31. The van der Waals surface area contributed by atoms with E-state index in [0.717, 1.165) is 31.3 Å². The topological polar surface area (TPSA) is 32.7 Å². The van der Waals surface area contributed by atoms with Crippen LogP contribution in [0.1, 0.15) is 26.2 Å². The Hall–Kier alpha value is 0.360. The van der Waals surface area contributed by atoms with Crippen LogP contribution in [0, 0.1) is 5.92 Å². The molecule has 4 heteroatoms. The molecular weight excluding hydrogens is 270 g/mol. The first-order chi connectivity index (χ1) is 7.59. The van der Waals surface area contributed by atoms with Crippen molar-refractivity contribution in [3.8, 4) is 0 Å². The van der Waals surface area contributed by atoms with E-state index in [0.29, 0.717) is 19.1 Å². The van der Waals surface area contributed by atoms with E-state index in [2.05, 4.69) is 34.8 Å². The Morgan fingerprint density at radius 2 is 2.06 bits per heavy atom. The van der Waals surface area contributed by atoms with E-state index in [9.17, 15) is 5.11 Å². The fraction of sp³-hybridized carbons (Fsp3) is 1.00. The number of nitrogens with zero attached hydrogens (tertiary/aromatic N) is 1. The fourth-order valence-electron chi connectivity index (χ4n) is 2.20. The van der Waals surface area contributed by atoms with Crippen molar-refractivity contribution in [1.82, 2.24) is 4.90 Å². The molecule has 16 heavy (non-hydrogen) atoms. The molecular formula is C12H24BrNO2. The first kappa shape index (κ1) is 14.4. The van der Waals surface area contributed by atoms with E-state index in [1.807, 2.05) is 0 Å². The molecule has 1 heterocycles. The van der Waals surface area contributed by atoms with Crippen molar-refractivity contribution in [1.29, 1.82) is 0 Å². The van der Waals surface area contributed by atoms with Crippen molar-refractivity contribution in [2.75, 3.05) is 38.7 Å². The molecule has 1 saturated heterocycles. The maximum Gasteiger partial charge on any atom is 0.0817 e. The van der Waals surface area contributed by atoms with E-state index >= 15 is 0 Å². The van der Waals surface area contributed by atoms with Gasteiger partial charge in [0.2, 0.25) is 0 Å². The lowest BCUT2D eigenvalue weighted by Gasteiger charge is -2.36. The van der Waals surface area contributed by atoms with Gasteiger partial charge in [-0.2, -0.15) is 0 Å². The van der Waals surface area contributed by atoms with Gasteiger partial charge in [-0.15, -0.1) is 0 Å². The average molecular weight is 294 g/mol. The third kappa shape index (κ3) is 4.70. The molecule has 0 spiro atoms. The highest BCUT2D eigenvalue weighted by atomic mass is 79.9. The van der Waals surface area contributed by atoms with Crippen LogP contribution < -0.4 is 0 Å². The van der Waals surface area contributed by atoms with Gasteiger partial charge in [-0.3, -0.25) is 0 Å². The van der Waals surface area contributed by atoms with Gasteiger partial charge in [0.05, 0.1) is 5.60 Å². The first-order valence-corrected chi connectivity index (χ1v) is 7.26. The summed E-state index contributed by atoms with van der Waals surface area (Å²) in [6.07, 6.45) is 2.71. The van der Waals surface area contributed by atoms with E-state index in [1.54, 1.807) is 0 Å². The maximum atomic E-state index is 10.4. The third-order valence-electron chi connectivity index (χ3n) is 3.35. The Balaban J connectivity index is 2.34. The van der Waals surface area contributed by atoms with Crippen molar-refractivity contribution in [2.45, 2.75) is 31.8 Å². The molecule has 0 aromatic carbocycles. The Kier molecular flexibility index (Phi) is 6.26. The molecule has 1 aliphatic heterocycles. The number of alkyl halides is 1. The Morgan fingerprint density at radius 3 is 2.56 bits per heavy atom. The van der Waals surface area contributed by atoms with Gasteiger partial charge in [-0.25, -0.2) is 0 Å². The van der Waals surface area contributed by atoms with Crippen LogP contribution in [0.2, 0.25) is 0 Å². The van der Waals surface area contributed by atoms with Crippen LogP contribution in [0.15, 0.2) is 0 Å². The second-order valence-corrected chi connectivity index (χ2v) is 5.61. The lowest BCUT2D eigenvalue weighted by Crippen LogP contribution is -2.46. The monoisotopic (exact) mass is 293 g/mol. The Morgan fingerprint density at radius 1 is 1.44 bits per heavy atom. The number of aliphatic hydroxyl groups is 1. The molecule has 96 valence electrons. The quantitative estimate of drug-likeness (QED) is 0.759. The summed E-state index contributed by atoms with van der Waals surface area (Å²) in [4.78, 5) is 2.25. The van der Waals surface area contributed by atoms with Crippen LogP contribution in [-0.4, -0.2) is 54.3 Å². The molecule has 0 amide bonds. The standard InChI is InChI=1S/C12H24BrNO2/c1-3-11(8-13)9-14(2)10-12(15)4-6-16-7-5-12/h11,15H,3-10H2,1-2H3. The largest absolute Gasteiger partial charge is 0.388 e. The number of halogens is 1. The summed E-state index contributed by atoms with van der Waals surface area (Å²) in [5, 5.41) is 11.4. The molecule has 1 rings (SSSR count). The summed E-state index contributed by atoms with van der Waals surface area (Å²) < 4.78 is 5.28. The molecule has 0 saturated carbocycles. The SMILES string of the molecule is CCC(CBr)CN(C)CC1(O)CCOCC1. The molecule has 1 atom stereocenters. The minimum Gasteiger partial charge on any atom is -0.388 e. The van der Waals surface area contributed by atoms with Gasteiger partial charge in [0, 0.05) is 44.5 Å². The predicted octanol–water partition coefficient (Wildman–Crippen LogP) is 1.88. The highest BCUT2D eigenvalue weighted by molar-refractivity contribution is 9.09. The second-order valence-electron chi connectivity index (χ2n) is 4.96. The van der Waals surface area contributed by atoms with E-state index in [1.165, 1.54) is 6.42 Å². The molecule has 0 aromatic rings. The van der Waals surface area contributed by atoms with Crippen LogP contribution >= 0.6 is 15.9 Å². The number of hydrogen-bond acceptors (Lipinski definition) is 3. The lowest BCUT2D eigenvalue weighted by molar-refractivity contribution is -0.0778. The van der Waals surface area contributed by atoms with Crippen LogP contribution in [0.25, 0.3) is 0 Å². The van der Waals surface area contributed by atoms with E-state index in [4.69, 9.17) is 4.74 Å². The van der Waals surface area contributed by atoms with Gasteiger partial charge in [0.15, 0.2) is 0 Å². The Labute approximate surface area is 107 Å². The van der Waals surface area contributed by atoms with Gasteiger partial charge in [-0.1, -0.05) is 29.3 Å². The van der Waals surface area contributed by atoms with Crippen molar-refractivity contribution in [3.63, 3.8) is 0 Å². The third-order valence-corrected chi connectivity index (χ3v) is 4.27. The molecule has 1 unspecified atom stereocenters. The summed E-state index contributed by atoms with van der Waals surface area (Å²) >= 11 is 3.53. The van der Waals surface area contributed by atoms with E-state index in [-0.39, 0.29) is 0 Å². The Bertz CT molecular complexity index is 191. The lowest BCUT2D eigenvalue weighted by atomic mass is 9.93. The molecule has 0 bridgehead atoms. The molecule has 1 aliphatic rings. The summed E-state index contributed by atoms with van der Waals surface area (Å²) in [6.45, 7) is 5.41. The average Bonchev–Trinajstić information content (AvgIpc) is 2.26. The van der Waals surface area contributed by atoms with Crippen LogP contribution in [-0.2, 0) is 4.74 Å². The number of hydrogen-bond donors (Lipinski definition) is 1. The molecule has 1 fully saturated rings. The molecule has 3 nitrogen and oxygen atoms in total. The smallest absolute Gasteiger partial charge is 0.0817 e. The zero-order chi connectivity index (χ0) is 12.0. The number of ether oxygens (including phenoxy) is 1. The van der Waals surface area contributed by atoms with Gasteiger partial charge in [0.1, 0.15) is 0 Å². The zero-order valence-corrected chi connectivity index (χ0v) is 12.0. The summed E-state index contributed by atoms with van der Waals surface area (Å²) in [6, 6.07) is 0. The fourth-order valence-corrected chi connectivity index (χ4v) is 2.87. The van der Waals surface area contributed by atoms with Crippen molar-refractivity contribution in [2.24, 2.45) is 5.92 Å². The summed E-state index contributed by atoms with van der Waals surface area (Å²) in [5.41, 5.74) is -0.530. The number of likely N-dealkylation sites (N-methyl/N-ethyl adjacent to an activating group) is 1. The van der Waals surface area contributed by atoms with Crippen molar-refractivity contribution in [3.05, 3.63) is 0 Å². The second kappa shape index (κ2) is 6.94. The first-order valence-electron chi connectivity index (χ1n) is 6.14. The van der Waals surface area contributed by atoms with Gasteiger partial charge < -0.3 is 14.7 Å². The maximum absolute atomic E-state index is 10.4. The highest BCUT2D eigenvalue weighted by Crippen LogP contribution is 2.22. The normalized spacial score (nSPS) is 22.3. The van der Waals surface area contributed by atoms with Crippen molar-refractivity contribution < 1.29 is 9.84 Å². The van der Waals surface area contributed by atoms with Gasteiger partial charge in [0.25, 0.3) is 0 Å². The molecule has 0 aromatic heterocycles. The number of rotatable bonds is 6. The van der Waals surface area contributed by atoms with E-state index < -0.39 is 5.60 Å². The molecule has 1 N–H and O–H groups in total. The zero-order valence-electron chi connectivity index (χ0n) is 10.4. The summed E-state index contributed by atoms with van der Waals surface area (Å²) in [7, 11) is 2.10. The predicted molar refractivity (Wildman–Crippen MR) is 70.1 cm³/mol. The van der Waals surface area contributed by atoms with Gasteiger partial charge in [-0.05, 0) is 13.0 Å². The van der Waals surface area contributed by atoms with Crippen LogP contribution in [0.5, 0.6) is 0 Å². The minimum atomic E-state index is -0.530. The van der Waals surface area contributed by atoms with Crippen molar-refractivity contribution >= 4 is 15.9 Å².